The number of hydrogen-bond acceptors (Lipinski definition) is 11. The van der Waals surface area contributed by atoms with Crippen molar-refractivity contribution in [3.8, 4) is 0 Å². The predicted molar refractivity (Wildman–Crippen MR) is 143 cm³/mol. The lowest BCUT2D eigenvalue weighted by atomic mass is 10.2. The first-order valence-electron chi connectivity index (χ1n) is 11.3. The topological polar surface area (TPSA) is 153 Å². The van der Waals surface area contributed by atoms with Gasteiger partial charge in [0, 0.05) is 47.3 Å². The maximum Gasteiger partial charge on any atom is 0.264 e. The Morgan fingerprint density at radius 3 is 1.42 bits per heavy atom. The third kappa shape index (κ3) is 23.9. The molecule has 208 valence electrons. The third-order valence-electron chi connectivity index (χ3n) is 4.20. The molecule has 0 aromatic carbocycles. The van der Waals surface area contributed by atoms with Crippen LogP contribution < -0.4 is 0 Å². The first-order chi connectivity index (χ1) is 16.7. The number of aliphatic hydroxyl groups is 1. The van der Waals surface area contributed by atoms with Crippen LogP contribution in [0.5, 0.6) is 0 Å². The quantitative estimate of drug-likeness (QED) is 0.350. The van der Waals surface area contributed by atoms with E-state index in [9.17, 15) is 16.8 Å². The fourth-order valence-electron chi connectivity index (χ4n) is 2.18. The summed E-state index contributed by atoms with van der Waals surface area (Å²) in [6, 6.07) is 3.46. The van der Waals surface area contributed by atoms with Gasteiger partial charge in [-0.25, -0.2) is 28.4 Å². The van der Waals surface area contributed by atoms with Gasteiger partial charge in [0.05, 0.1) is 25.7 Å². The van der Waals surface area contributed by atoms with E-state index in [1.54, 1.807) is 43.8 Å². The zero-order chi connectivity index (χ0) is 28.2. The van der Waals surface area contributed by atoms with Gasteiger partial charge in [-0.15, -0.1) is 0 Å². The molecule has 2 heterocycles. The normalized spacial score (nSPS) is 12.6. The fraction of sp³-hybridized carbons (Fsp3) is 0.636. The summed E-state index contributed by atoms with van der Waals surface area (Å²) < 4.78 is 44.8. The van der Waals surface area contributed by atoms with E-state index in [0.29, 0.717) is 11.6 Å². The molecule has 14 heteroatoms. The Labute approximate surface area is 220 Å². The second-order valence-electron chi connectivity index (χ2n) is 7.49. The largest absolute Gasteiger partial charge is 0.396 e. The lowest BCUT2D eigenvalue weighted by Gasteiger charge is -2.13. The molecule has 0 spiro atoms. The van der Waals surface area contributed by atoms with Crippen LogP contribution in [0.15, 0.2) is 36.9 Å². The summed E-state index contributed by atoms with van der Waals surface area (Å²) in [6.07, 6.45) is 8.52. The van der Waals surface area contributed by atoms with Gasteiger partial charge >= 0.3 is 0 Å². The number of aromatic nitrogens is 4. The van der Waals surface area contributed by atoms with Crippen LogP contribution in [0.1, 0.15) is 58.1 Å². The third-order valence-corrected chi connectivity index (χ3v) is 4.76. The average Bonchev–Trinajstić information content (AvgIpc) is 2.83. The van der Waals surface area contributed by atoms with E-state index >= 15 is 0 Å². The van der Waals surface area contributed by atoms with Crippen molar-refractivity contribution in [3.05, 3.63) is 48.6 Å². The molecule has 0 radical (unpaired) electrons. The van der Waals surface area contributed by atoms with Crippen LogP contribution >= 0.6 is 10.7 Å². The summed E-state index contributed by atoms with van der Waals surface area (Å²) in [6.45, 7) is 14.0. The Balaban J connectivity index is 0. The van der Waals surface area contributed by atoms with E-state index in [1.165, 1.54) is 19.6 Å². The van der Waals surface area contributed by atoms with E-state index in [0.717, 1.165) is 12.5 Å². The summed E-state index contributed by atoms with van der Waals surface area (Å²) in [4.78, 5) is 18.3. The Morgan fingerprint density at radius 1 is 0.833 bits per heavy atom. The highest BCUT2D eigenvalue weighted by atomic mass is 35.7. The van der Waals surface area contributed by atoms with Crippen molar-refractivity contribution in [2.75, 3.05) is 45.4 Å². The van der Waals surface area contributed by atoms with Gasteiger partial charge in [0.15, 0.2) is 0 Å². The van der Waals surface area contributed by atoms with Gasteiger partial charge < -0.3 is 10.0 Å². The molecule has 2 aromatic rings. The Kier molecular flexibility index (Phi) is 20.5. The van der Waals surface area contributed by atoms with Gasteiger partial charge in [0.1, 0.15) is 11.6 Å². The highest BCUT2D eigenvalue weighted by Gasteiger charge is 2.11. The molecule has 2 rings (SSSR count). The van der Waals surface area contributed by atoms with Gasteiger partial charge in [0.25, 0.3) is 10.1 Å². The van der Waals surface area contributed by atoms with Gasteiger partial charge in [-0.05, 0) is 31.8 Å². The van der Waals surface area contributed by atoms with E-state index in [2.05, 4.69) is 60.5 Å². The minimum Gasteiger partial charge on any atom is -0.396 e. The molecule has 11 nitrogen and oxygen atoms in total. The first-order valence-corrected chi connectivity index (χ1v) is 15.8. The molecule has 0 fully saturated rings. The fourth-order valence-corrected chi connectivity index (χ4v) is 2.63. The highest BCUT2D eigenvalue weighted by Crippen LogP contribution is 2.10. The highest BCUT2D eigenvalue weighted by molar-refractivity contribution is 8.13. The van der Waals surface area contributed by atoms with Crippen molar-refractivity contribution in [2.45, 2.75) is 46.5 Å². The SMILES string of the molecule is CC(CO)c1ncccn1.CC(COS(C)(=O)=O)c1ncccn1.CCN(CC)CC.CS(=O)(=O)Cl. The number of nitrogens with zero attached hydrogens (tertiary/aromatic N) is 5. The summed E-state index contributed by atoms with van der Waals surface area (Å²) >= 11 is 0. The Bertz CT molecular complexity index is 983. The summed E-state index contributed by atoms with van der Waals surface area (Å²) in [5.74, 6) is 1.19. The second kappa shape index (κ2) is 20.3. The van der Waals surface area contributed by atoms with E-state index in [1.807, 2.05) is 6.92 Å². The summed E-state index contributed by atoms with van der Waals surface area (Å²) in [7, 11) is -2.07. The van der Waals surface area contributed by atoms with Gasteiger partial charge in [0.2, 0.25) is 9.05 Å². The predicted octanol–water partition coefficient (Wildman–Crippen LogP) is 2.66. The van der Waals surface area contributed by atoms with Crippen molar-refractivity contribution >= 4 is 29.9 Å². The molecule has 0 saturated carbocycles. The van der Waals surface area contributed by atoms with Crippen LogP contribution in [0, 0.1) is 0 Å². The molecule has 0 aliphatic rings. The molecule has 0 aliphatic carbocycles. The zero-order valence-corrected chi connectivity index (χ0v) is 24.5. The zero-order valence-electron chi connectivity index (χ0n) is 22.1. The lowest BCUT2D eigenvalue weighted by molar-refractivity contribution is 0.268. The number of rotatable bonds is 9. The Morgan fingerprint density at radius 2 is 1.17 bits per heavy atom. The average molecular weight is 570 g/mol. The summed E-state index contributed by atoms with van der Waals surface area (Å²) in [5, 5.41) is 8.71. The minimum atomic E-state index is -3.38. The number of aliphatic hydroxyl groups excluding tert-OH is 1. The van der Waals surface area contributed by atoms with Crippen LogP contribution in [-0.2, 0) is 23.4 Å². The standard InChI is InChI=1S/C8H12N2O3S.C7H10N2O.C6H15N.CH3ClO2S/c1-7(6-13-14(2,11)12)8-9-4-3-5-10-8;1-6(5-10)7-8-3-2-4-9-7;1-4-7(5-2)6-3;1-5(2,3)4/h3-5,7H,6H2,1-2H3;2-4,6,10H,5H2,1H3;4-6H2,1-3H3;1H3. The van der Waals surface area contributed by atoms with Gasteiger partial charge in [-0.3, -0.25) is 4.18 Å². The minimum absolute atomic E-state index is 0.0428. The molecule has 36 heavy (non-hydrogen) atoms. The van der Waals surface area contributed by atoms with Crippen LogP contribution in [0.4, 0.5) is 0 Å². The Hall–Kier alpha value is -1.77. The maximum atomic E-state index is 10.7. The van der Waals surface area contributed by atoms with Gasteiger partial charge in [-0.2, -0.15) is 8.42 Å². The molecule has 2 unspecified atom stereocenters. The molecule has 0 amide bonds. The van der Waals surface area contributed by atoms with Crippen molar-refractivity contribution in [3.63, 3.8) is 0 Å². The molecule has 2 aromatic heterocycles. The summed E-state index contributed by atoms with van der Waals surface area (Å²) in [5.41, 5.74) is 0. The van der Waals surface area contributed by atoms with E-state index in [-0.39, 0.29) is 25.0 Å². The number of halogens is 1. The van der Waals surface area contributed by atoms with Crippen LogP contribution in [0.3, 0.4) is 0 Å². The molecule has 1 N–H and O–H groups in total. The van der Waals surface area contributed by atoms with Crippen molar-refractivity contribution in [2.24, 2.45) is 0 Å². The van der Waals surface area contributed by atoms with Crippen molar-refractivity contribution < 1.29 is 26.1 Å². The number of hydrogen-bond donors (Lipinski definition) is 1. The van der Waals surface area contributed by atoms with Crippen molar-refractivity contribution in [1.82, 2.24) is 24.8 Å². The molecule has 0 bridgehead atoms. The smallest absolute Gasteiger partial charge is 0.264 e. The molecule has 0 aliphatic heterocycles. The first kappa shape index (κ1) is 36.4. The molecular formula is C22H40ClN5O6S2. The molecular weight excluding hydrogens is 530 g/mol. The van der Waals surface area contributed by atoms with Gasteiger partial charge in [-0.1, -0.05) is 34.6 Å². The van der Waals surface area contributed by atoms with E-state index in [4.69, 9.17) is 5.11 Å². The second-order valence-corrected chi connectivity index (χ2v) is 12.2. The molecule has 0 saturated heterocycles. The van der Waals surface area contributed by atoms with E-state index < -0.39 is 19.2 Å². The van der Waals surface area contributed by atoms with Crippen LogP contribution in [0.25, 0.3) is 0 Å². The van der Waals surface area contributed by atoms with Crippen LogP contribution in [0.2, 0.25) is 0 Å². The van der Waals surface area contributed by atoms with Crippen molar-refractivity contribution in [1.29, 1.82) is 0 Å². The maximum absolute atomic E-state index is 10.7. The van der Waals surface area contributed by atoms with Crippen LogP contribution in [-0.4, -0.2) is 92.1 Å². The molecule has 2 atom stereocenters. The lowest BCUT2D eigenvalue weighted by Crippen LogP contribution is -2.21. The monoisotopic (exact) mass is 569 g/mol.